The number of alkyl halides is 1. The summed E-state index contributed by atoms with van der Waals surface area (Å²) < 4.78 is 2.48. The Morgan fingerprint density at radius 2 is 2.15 bits per heavy atom. The zero-order valence-electron chi connectivity index (χ0n) is 6.55. The zero-order chi connectivity index (χ0) is 9.42. The molecule has 68 valence electrons. The van der Waals surface area contributed by atoms with Crippen molar-refractivity contribution in [3.05, 3.63) is 27.5 Å². The van der Waals surface area contributed by atoms with Gasteiger partial charge in [0.1, 0.15) is 0 Å². The minimum absolute atomic E-state index is 0.874. The molecule has 0 aliphatic heterocycles. The van der Waals surface area contributed by atoms with Crippen molar-refractivity contribution >= 4 is 65.9 Å². The van der Waals surface area contributed by atoms with Crippen LogP contribution in [0.1, 0.15) is 5.56 Å². The fourth-order valence-corrected chi connectivity index (χ4v) is 4.39. The number of fused-ring (bicyclic) bond motifs is 1. The van der Waals surface area contributed by atoms with Crippen molar-refractivity contribution in [3.8, 4) is 0 Å². The summed E-state index contributed by atoms with van der Waals surface area (Å²) in [6.07, 6.45) is 0. The first-order valence-corrected chi connectivity index (χ1v) is 6.91. The number of hydrogen-bond acceptors (Lipinski definition) is 2. The molecule has 13 heavy (non-hydrogen) atoms. The van der Waals surface area contributed by atoms with Gasteiger partial charge in [0.05, 0.1) is 0 Å². The molecular weight excluding hydrogens is 332 g/mol. The van der Waals surface area contributed by atoms with Gasteiger partial charge in [-0.2, -0.15) is 0 Å². The Labute approximate surface area is 103 Å². The fraction of sp³-hybridized carbons (Fsp3) is 0.111. The third-order valence-corrected chi connectivity index (χ3v) is 4.81. The Morgan fingerprint density at radius 3 is 2.85 bits per heavy atom. The monoisotopic (exact) mass is 336 g/mol. The van der Waals surface area contributed by atoms with Gasteiger partial charge in [-0.1, -0.05) is 37.9 Å². The zero-order valence-corrected chi connectivity index (χ0v) is 11.4. The van der Waals surface area contributed by atoms with Crippen LogP contribution in [-0.4, -0.2) is 0 Å². The fourth-order valence-electron chi connectivity index (χ4n) is 1.24. The van der Waals surface area contributed by atoms with Crippen LogP contribution >= 0.6 is 55.8 Å². The lowest BCUT2D eigenvalue weighted by atomic mass is 10.2. The molecule has 0 radical (unpaired) electrons. The predicted octanol–water partition coefficient (Wildman–Crippen LogP) is 4.85. The molecule has 0 atom stereocenters. The lowest BCUT2D eigenvalue weighted by Crippen LogP contribution is -1.79. The van der Waals surface area contributed by atoms with Gasteiger partial charge in [0.2, 0.25) is 0 Å². The molecule has 0 unspecified atom stereocenters. The second-order valence-corrected chi connectivity index (χ2v) is 5.43. The second-order valence-electron chi connectivity index (χ2n) is 2.66. The van der Waals surface area contributed by atoms with Gasteiger partial charge in [0, 0.05) is 30.2 Å². The number of thiophene rings is 1. The van der Waals surface area contributed by atoms with E-state index in [1.807, 2.05) is 0 Å². The van der Waals surface area contributed by atoms with Crippen LogP contribution in [-0.2, 0) is 5.33 Å². The number of benzene rings is 1. The summed E-state index contributed by atoms with van der Waals surface area (Å²) in [6, 6.07) is 4.18. The minimum Gasteiger partial charge on any atom is -0.142 e. The molecule has 0 saturated carbocycles. The molecule has 1 heterocycles. The molecule has 0 aliphatic rings. The standard InChI is InChI=1S/C9H6Br2S2/c10-3-6-7(11)2-1-5-8(12)4-13-9(5)6/h1-2,4,12H,3H2. The maximum absolute atomic E-state index is 4.40. The lowest BCUT2D eigenvalue weighted by molar-refractivity contribution is 1.46. The van der Waals surface area contributed by atoms with E-state index in [0.29, 0.717) is 0 Å². The summed E-state index contributed by atoms with van der Waals surface area (Å²) in [5.41, 5.74) is 1.31. The summed E-state index contributed by atoms with van der Waals surface area (Å²) >= 11 is 13.2. The van der Waals surface area contributed by atoms with Crippen LogP contribution in [0.5, 0.6) is 0 Å². The smallest absolute Gasteiger partial charge is 0.0406 e. The van der Waals surface area contributed by atoms with Crippen molar-refractivity contribution in [1.82, 2.24) is 0 Å². The van der Waals surface area contributed by atoms with Crippen LogP contribution in [0.25, 0.3) is 10.1 Å². The van der Waals surface area contributed by atoms with E-state index in [1.165, 1.54) is 15.6 Å². The molecule has 0 saturated heterocycles. The third kappa shape index (κ3) is 1.69. The van der Waals surface area contributed by atoms with Gasteiger partial charge in [-0.15, -0.1) is 24.0 Å². The van der Waals surface area contributed by atoms with Gasteiger partial charge >= 0.3 is 0 Å². The van der Waals surface area contributed by atoms with Gasteiger partial charge in [0.25, 0.3) is 0 Å². The Bertz CT molecular complexity index is 448. The first-order valence-electron chi connectivity index (χ1n) is 3.67. The van der Waals surface area contributed by atoms with Crippen molar-refractivity contribution < 1.29 is 0 Å². The number of hydrogen-bond donors (Lipinski definition) is 1. The molecule has 4 heteroatoms. The van der Waals surface area contributed by atoms with Gasteiger partial charge in [-0.05, 0) is 11.6 Å². The van der Waals surface area contributed by atoms with E-state index in [1.54, 1.807) is 11.3 Å². The molecule has 1 aromatic carbocycles. The maximum Gasteiger partial charge on any atom is 0.0406 e. The van der Waals surface area contributed by atoms with Crippen LogP contribution in [0.2, 0.25) is 0 Å². The van der Waals surface area contributed by atoms with Gasteiger partial charge in [-0.3, -0.25) is 0 Å². The van der Waals surface area contributed by atoms with E-state index in [0.717, 1.165) is 14.7 Å². The Balaban J connectivity index is 2.85. The average molecular weight is 338 g/mol. The normalized spacial score (nSPS) is 11.0. The van der Waals surface area contributed by atoms with Crippen LogP contribution in [0.4, 0.5) is 0 Å². The summed E-state index contributed by atoms with van der Waals surface area (Å²) in [5.74, 6) is 0. The van der Waals surface area contributed by atoms with Crippen LogP contribution in [0, 0.1) is 0 Å². The van der Waals surface area contributed by atoms with Crippen molar-refractivity contribution in [2.45, 2.75) is 10.2 Å². The largest absolute Gasteiger partial charge is 0.142 e. The first kappa shape index (κ1) is 10.0. The Morgan fingerprint density at radius 1 is 1.38 bits per heavy atom. The van der Waals surface area contributed by atoms with Gasteiger partial charge < -0.3 is 0 Å². The van der Waals surface area contributed by atoms with Crippen molar-refractivity contribution in [2.24, 2.45) is 0 Å². The first-order chi connectivity index (χ1) is 6.24. The minimum atomic E-state index is 0.874. The van der Waals surface area contributed by atoms with E-state index in [2.05, 4.69) is 62.0 Å². The summed E-state index contributed by atoms with van der Waals surface area (Å²) in [6.45, 7) is 0. The molecule has 2 rings (SSSR count). The molecular formula is C9H6Br2S2. The Kier molecular flexibility index (Phi) is 3.03. The molecule has 0 spiro atoms. The quantitative estimate of drug-likeness (QED) is 0.558. The van der Waals surface area contributed by atoms with Crippen LogP contribution in [0.3, 0.4) is 0 Å². The SMILES string of the molecule is Sc1csc2c(CBr)c(Br)ccc12. The molecule has 0 N–H and O–H groups in total. The molecule has 2 aromatic rings. The molecule has 1 aromatic heterocycles. The van der Waals surface area contributed by atoms with E-state index < -0.39 is 0 Å². The summed E-state index contributed by atoms with van der Waals surface area (Å²) in [5, 5.41) is 4.19. The van der Waals surface area contributed by atoms with E-state index in [9.17, 15) is 0 Å². The van der Waals surface area contributed by atoms with Gasteiger partial charge in [-0.25, -0.2) is 0 Å². The van der Waals surface area contributed by atoms with E-state index in [-0.39, 0.29) is 0 Å². The molecule has 0 fully saturated rings. The highest BCUT2D eigenvalue weighted by Gasteiger charge is 2.07. The van der Waals surface area contributed by atoms with Gasteiger partial charge in [0.15, 0.2) is 0 Å². The van der Waals surface area contributed by atoms with Crippen molar-refractivity contribution in [3.63, 3.8) is 0 Å². The molecule has 0 bridgehead atoms. The van der Waals surface area contributed by atoms with E-state index >= 15 is 0 Å². The summed E-state index contributed by atoms with van der Waals surface area (Å²) in [7, 11) is 0. The van der Waals surface area contributed by atoms with Crippen molar-refractivity contribution in [2.75, 3.05) is 0 Å². The molecule has 0 amide bonds. The number of rotatable bonds is 1. The second kappa shape index (κ2) is 3.93. The summed E-state index contributed by atoms with van der Waals surface area (Å²) in [4.78, 5) is 1.06. The Hall–Kier alpha value is 0.490. The van der Waals surface area contributed by atoms with E-state index in [4.69, 9.17) is 0 Å². The number of thiol groups is 1. The highest BCUT2D eigenvalue weighted by molar-refractivity contribution is 9.10. The maximum atomic E-state index is 4.40. The average Bonchev–Trinajstić information content (AvgIpc) is 2.48. The van der Waals surface area contributed by atoms with Crippen molar-refractivity contribution in [1.29, 1.82) is 0 Å². The third-order valence-electron chi connectivity index (χ3n) is 1.90. The van der Waals surface area contributed by atoms with Crippen LogP contribution < -0.4 is 0 Å². The number of halogens is 2. The highest BCUT2D eigenvalue weighted by atomic mass is 79.9. The topological polar surface area (TPSA) is 0 Å². The molecule has 0 aliphatic carbocycles. The molecule has 0 nitrogen and oxygen atoms in total. The van der Waals surface area contributed by atoms with Crippen LogP contribution in [0.15, 0.2) is 26.9 Å². The highest BCUT2D eigenvalue weighted by Crippen LogP contribution is 2.35. The lowest BCUT2D eigenvalue weighted by Gasteiger charge is -2.01. The predicted molar refractivity (Wildman–Crippen MR) is 69.4 cm³/mol.